The lowest BCUT2D eigenvalue weighted by Crippen LogP contribution is -2.68. The molecule has 2 rings (SSSR count). The van der Waals surface area contributed by atoms with Gasteiger partial charge in [0.25, 0.3) is 0 Å². The van der Waals surface area contributed by atoms with E-state index < -0.39 is 61.1 Å². The number of aliphatic carboxylic acids is 1. The Labute approximate surface area is 177 Å². The van der Waals surface area contributed by atoms with Crippen LogP contribution in [0.15, 0.2) is 18.2 Å². The molecule has 0 bridgehead atoms. The van der Waals surface area contributed by atoms with Crippen molar-refractivity contribution < 1.29 is 54.1 Å². The average molecular weight is 443 g/mol. The first-order valence-corrected chi connectivity index (χ1v) is 9.24. The third-order valence-corrected chi connectivity index (χ3v) is 4.80. The van der Waals surface area contributed by atoms with Gasteiger partial charge in [-0.25, -0.2) is 4.79 Å². The van der Waals surface area contributed by atoms with Crippen LogP contribution in [0.2, 0.25) is 0 Å². The monoisotopic (exact) mass is 443 g/mol. The first-order chi connectivity index (χ1) is 14.6. The Balaban J connectivity index is 2.45. The molecule has 0 aromatic heterocycles. The normalized spacial score (nSPS) is 27.6. The molecule has 1 fully saturated rings. The number of hydrogen-bond donors (Lipinski definition) is 6. The fourth-order valence-corrected chi connectivity index (χ4v) is 3.27. The van der Waals surface area contributed by atoms with Crippen LogP contribution in [-0.2, 0) is 14.3 Å². The Morgan fingerprint density at radius 2 is 2.06 bits per heavy atom. The van der Waals surface area contributed by atoms with Gasteiger partial charge in [0.15, 0.2) is 6.29 Å². The van der Waals surface area contributed by atoms with Crippen molar-refractivity contribution in [3.63, 3.8) is 0 Å². The molecule has 12 nitrogen and oxygen atoms in total. The summed E-state index contributed by atoms with van der Waals surface area (Å²) >= 11 is 0. The number of ether oxygens (including phenoxy) is 3. The summed E-state index contributed by atoms with van der Waals surface area (Å²) in [7, 11) is 1.29. The Hall–Kier alpha value is -2.77. The first kappa shape index (κ1) is 24.5. The number of methoxy groups -OCH3 is 1. The SMILES string of the molecule is COc1cc(O[C@@]2(C(=O)O)C[C@H](O)[C@@H](NC(C)=O)[C@H]([C@H](O)[C@H](O)CO)O2)ccc1C=O. The smallest absolute Gasteiger partial charge is 0.377 e. The molecule has 0 aliphatic carbocycles. The summed E-state index contributed by atoms with van der Waals surface area (Å²) < 4.78 is 16.1. The van der Waals surface area contributed by atoms with Gasteiger partial charge in [0.2, 0.25) is 5.91 Å². The molecule has 6 N–H and O–H groups in total. The van der Waals surface area contributed by atoms with Gasteiger partial charge in [0, 0.05) is 13.0 Å². The van der Waals surface area contributed by atoms with Gasteiger partial charge in [-0.3, -0.25) is 9.59 Å². The maximum absolute atomic E-state index is 12.1. The molecule has 1 aromatic carbocycles. The van der Waals surface area contributed by atoms with E-state index in [1.807, 2.05) is 0 Å². The minimum absolute atomic E-state index is 0.0906. The number of benzene rings is 1. The number of rotatable bonds is 9. The fraction of sp³-hybridized carbons (Fsp3) is 0.526. The molecule has 6 atom stereocenters. The number of carboxylic acid groups (broad SMARTS) is 1. The Morgan fingerprint density at radius 1 is 1.39 bits per heavy atom. The summed E-state index contributed by atoms with van der Waals surface area (Å²) in [5.41, 5.74) is 0.175. The zero-order valence-corrected chi connectivity index (χ0v) is 16.8. The number of carbonyl (C=O) groups is 3. The van der Waals surface area contributed by atoms with E-state index >= 15 is 0 Å². The molecule has 0 unspecified atom stereocenters. The van der Waals surface area contributed by atoms with Crippen molar-refractivity contribution in [3.05, 3.63) is 23.8 Å². The van der Waals surface area contributed by atoms with Crippen molar-refractivity contribution in [2.75, 3.05) is 13.7 Å². The van der Waals surface area contributed by atoms with E-state index in [-0.39, 0.29) is 17.1 Å². The number of hydrogen-bond acceptors (Lipinski definition) is 10. The van der Waals surface area contributed by atoms with Crippen LogP contribution in [-0.4, -0.2) is 93.7 Å². The molecule has 1 aliphatic rings. The molecule has 12 heteroatoms. The number of aliphatic hydroxyl groups is 4. The zero-order chi connectivity index (χ0) is 23.3. The molecule has 0 radical (unpaired) electrons. The summed E-state index contributed by atoms with van der Waals surface area (Å²) in [5.74, 6) is -4.81. The Bertz CT molecular complexity index is 816. The van der Waals surface area contributed by atoms with E-state index in [0.29, 0.717) is 6.29 Å². The lowest BCUT2D eigenvalue weighted by molar-refractivity contribution is -0.284. The van der Waals surface area contributed by atoms with Crippen LogP contribution < -0.4 is 14.8 Å². The van der Waals surface area contributed by atoms with E-state index in [2.05, 4.69) is 5.32 Å². The molecular weight excluding hydrogens is 418 g/mol. The van der Waals surface area contributed by atoms with E-state index in [9.17, 15) is 34.8 Å². The second-order valence-electron chi connectivity index (χ2n) is 7.00. The zero-order valence-electron chi connectivity index (χ0n) is 16.8. The van der Waals surface area contributed by atoms with Gasteiger partial charge >= 0.3 is 11.8 Å². The Kier molecular flexibility index (Phi) is 7.92. The number of amides is 1. The second kappa shape index (κ2) is 10.0. The molecule has 1 saturated heterocycles. The predicted molar refractivity (Wildman–Crippen MR) is 102 cm³/mol. The average Bonchev–Trinajstić information content (AvgIpc) is 2.73. The van der Waals surface area contributed by atoms with E-state index in [1.54, 1.807) is 0 Å². The molecule has 1 amide bonds. The first-order valence-electron chi connectivity index (χ1n) is 9.24. The highest BCUT2D eigenvalue weighted by atomic mass is 16.7. The topological polar surface area (TPSA) is 192 Å². The number of carbonyl (C=O) groups excluding carboxylic acids is 2. The minimum Gasteiger partial charge on any atom is -0.496 e. The maximum Gasteiger partial charge on any atom is 0.377 e. The van der Waals surface area contributed by atoms with Gasteiger partial charge in [0.05, 0.1) is 37.8 Å². The second-order valence-corrected chi connectivity index (χ2v) is 7.00. The number of nitrogens with one attached hydrogen (secondary N) is 1. The molecule has 1 aromatic rings. The van der Waals surface area contributed by atoms with Crippen molar-refractivity contribution in [3.8, 4) is 11.5 Å². The van der Waals surface area contributed by atoms with Gasteiger partial charge in [-0.1, -0.05) is 0 Å². The molecule has 31 heavy (non-hydrogen) atoms. The number of carboxylic acids is 1. The standard InChI is InChI=1S/C19H25NO11/c1-9(23)20-15-12(24)6-19(18(27)28,31-17(15)16(26)13(25)8-22)30-11-4-3-10(7-21)14(5-11)29-2/h3-5,7,12-13,15-17,22,24-26H,6,8H2,1-2H3,(H,20,23)(H,27,28)/t12-,13+,15+,16+,17+,19-/m0/s1. The van der Waals surface area contributed by atoms with E-state index in [0.717, 1.165) is 6.92 Å². The van der Waals surface area contributed by atoms with Crippen LogP contribution in [0, 0.1) is 0 Å². The minimum atomic E-state index is -2.54. The number of aldehydes is 1. The molecule has 1 heterocycles. The fourth-order valence-electron chi connectivity index (χ4n) is 3.27. The van der Waals surface area contributed by atoms with Crippen molar-refractivity contribution in [1.82, 2.24) is 5.32 Å². The van der Waals surface area contributed by atoms with Crippen molar-refractivity contribution in [1.29, 1.82) is 0 Å². The third kappa shape index (κ3) is 5.29. The van der Waals surface area contributed by atoms with Crippen LogP contribution in [0.3, 0.4) is 0 Å². The van der Waals surface area contributed by atoms with Crippen molar-refractivity contribution in [2.45, 2.75) is 49.6 Å². The van der Waals surface area contributed by atoms with Crippen LogP contribution in [0.4, 0.5) is 0 Å². The highest BCUT2D eigenvalue weighted by molar-refractivity contribution is 5.80. The van der Waals surface area contributed by atoms with Crippen LogP contribution in [0.5, 0.6) is 11.5 Å². The van der Waals surface area contributed by atoms with Gasteiger partial charge < -0.3 is 45.1 Å². The Morgan fingerprint density at radius 3 is 2.58 bits per heavy atom. The molecule has 0 spiro atoms. The predicted octanol–water partition coefficient (Wildman–Crippen LogP) is -1.96. The highest BCUT2D eigenvalue weighted by Crippen LogP contribution is 2.36. The quantitative estimate of drug-likeness (QED) is 0.232. The molecular formula is C19H25NO11. The lowest BCUT2D eigenvalue weighted by atomic mass is 9.88. The van der Waals surface area contributed by atoms with E-state index in [1.165, 1.54) is 25.3 Å². The lowest BCUT2D eigenvalue weighted by Gasteiger charge is -2.46. The molecule has 1 aliphatic heterocycles. The summed E-state index contributed by atoms with van der Waals surface area (Å²) in [6.45, 7) is 0.240. The van der Waals surface area contributed by atoms with Gasteiger partial charge in [-0.2, -0.15) is 0 Å². The van der Waals surface area contributed by atoms with Crippen LogP contribution in [0.1, 0.15) is 23.7 Å². The molecule has 0 saturated carbocycles. The summed E-state index contributed by atoms with van der Waals surface area (Å²) in [5, 5.41) is 52.1. The largest absolute Gasteiger partial charge is 0.496 e. The summed E-state index contributed by atoms with van der Waals surface area (Å²) in [6.07, 6.45) is -7.02. The van der Waals surface area contributed by atoms with Crippen LogP contribution >= 0.6 is 0 Å². The third-order valence-electron chi connectivity index (χ3n) is 4.80. The van der Waals surface area contributed by atoms with Gasteiger partial charge in [0.1, 0.15) is 29.8 Å². The highest BCUT2D eigenvalue weighted by Gasteiger charge is 2.56. The van der Waals surface area contributed by atoms with E-state index in [4.69, 9.17) is 19.3 Å². The van der Waals surface area contributed by atoms with Crippen molar-refractivity contribution in [2.24, 2.45) is 0 Å². The summed E-state index contributed by atoms with van der Waals surface area (Å²) in [4.78, 5) is 34.7. The number of aliphatic hydroxyl groups excluding tert-OH is 4. The maximum atomic E-state index is 12.1. The summed E-state index contributed by atoms with van der Waals surface area (Å²) in [6, 6.07) is 2.52. The van der Waals surface area contributed by atoms with Gasteiger partial charge in [-0.15, -0.1) is 0 Å². The van der Waals surface area contributed by atoms with Gasteiger partial charge in [-0.05, 0) is 12.1 Å². The van der Waals surface area contributed by atoms with Crippen molar-refractivity contribution >= 4 is 18.2 Å². The van der Waals surface area contributed by atoms with Crippen LogP contribution in [0.25, 0.3) is 0 Å². The molecule has 172 valence electrons.